The highest BCUT2D eigenvalue weighted by Crippen LogP contribution is 2.19. The highest BCUT2D eigenvalue weighted by molar-refractivity contribution is 7.88. The van der Waals surface area contributed by atoms with Gasteiger partial charge in [-0.2, -0.15) is 4.31 Å². The molecule has 0 aliphatic heterocycles. The van der Waals surface area contributed by atoms with E-state index in [9.17, 15) is 13.2 Å². The van der Waals surface area contributed by atoms with Crippen molar-refractivity contribution in [2.45, 2.75) is 25.3 Å². The molecule has 0 atom stereocenters. The summed E-state index contributed by atoms with van der Waals surface area (Å²) in [7, 11) is -1.80. The lowest BCUT2D eigenvalue weighted by Crippen LogP contribution is -2.37. The second-order valence-corrected chi connectivity index (χ2v) is 7.76. The van der Waals surface area contributed by atoms with E-state index in [0.717, 1.165) is 24.8 Å². The van der Waals surface area contributed by atoms with E-state index in [1.165, 1.54) is 4.31 Å². The van der Waals surface area contributed by atoms with E-state index in [-0.39, 0.29) is 38.1 Å². The normalized spacial score (nSPS) is 14.5. The smallest absolute Gasteiger partial charge is 0.221 e. The van der Waals surface area contributed by atoms with Crippen LogP contribution < -0.4 is 14.8 Å². The Balaban J connectivity index is 1.78. The Morgan fingerprint density at radius 2 is 1.83 bits per heavy atom. The molecule has 1 aliphatic rings. The summed E-state index contributed by atoms with van der Waals surface area (Å²) in [6, 6.07) is 7.33. The number of rotatable bonds is 10. The van der Waals surface area contributed by atoms with E-state index in [1.807, 2.05) is 0 Å². The predicted octanol–water partition coefficient (Wildman–Crippen LogP) is 1.00. The number of benzene rings is 1. The number of nitrogens with zero attached hydrogens (tertiary/aromatic N) is 1. The van der Waals surface area contributed by atoms with Gasteiger partial charge in [-0.1, -0.05) is 0 Å². The van der Waals surface area contributed by atoms with Crippen molar-refractivity contribution < 1.29 is 22.7 Å². The number of amides is 1. The molecule has 1 aromatic rings. The summed E-state index contributed by atoms with van der Waals surface area (Å²) in [4.78, 5) is 11.7. The van der Waals surface area contributed by atoms with E-state index < -0.39 is 10.0 Å². The van der Waals surface area contributed by atoms with Crippen LogP contribution in [0.3, 0.4) is 0 Å². The van der Waals surface area contributed by atoms with Crippen LogP contribution >= 0.6 is 0 Å². The molecule has 8 heteroatoms. The topological polar surface area (TPSA) is 84.9 Å². The molecule has 2 rings (SSSR count). The fourth-order valence-corrected chi connectivity index (χ4v) is 2.96. The standard InChI is InChI=1S/C16H24N2O5S/c1-22-14-5-7-15(8-6-14)23-12-11-18(24(2,20)21)10-9-16(19)17-13-3-4-13/h5-8,13H,3-4,9-12H2,1-2H3,(H,17,19). The van der Waals surface area contributed by atoms with Gasteiger partial charge in [-0.15, -0.1) is 0 Å². The van der Waals surface area contributed by atoms with Crippen LogP contribution in [0.2, 0.25) is 0 Å². The van der Waals surface area contributed by atoms with Crippen LogP contribution in [0.4, 0.5) is 0 Å². The summed E-state index contributed by atoms with van der Waals surface area (Å²) in [6.07, 6.45) is 3.32. The predicted molar refractivity (Wildman–Crippen MR) is 90.7 cm³/mol. The minimum absolute atomic E-state index is 0.109. The summed E-state index contributed by atoms with van der Waals surface area (Å²) in [6.45, 7) is 0.564. The van der Waals surface area contributed by atoms with E-state index in [4.69, 9.17) is 9.47 Å². The molecule has 24 heavy (non-hydrogen) atoms. The number of nitrogens with one attached hydrogen (secondary N) is 1. The third-order valence-electron chi connectivity index (χ3n) is 3.67. The molecule has 0 aromatic heterocycles. The van der Waals surface area contributed by atoms with Gasteiger partial charge in [0.1, 0.15) is 18.1 Å². The number of sulfonamides is 1. The third kappa shape index (κ3) is 6.37. The number of hydrogen-bond donors (Lipinski definition) is 1. The van der Waals surface area contributed by atoms with Crippen LogP contribution in [-0.4, -0.2) is 57.7 Å². The molecule has 0 radical (unpaired) electrons. The number of methoxy groups -OCH3 is 1. The van der Waals surface area contributed by atoms with Crippen LogP contribution in [0.5, 0.6) is 11.5 Å². The van der Waals surface area contributed by atoms with Crippen molar-refractivity contribution in [1.29, 1.82) is 0 Å². The lowest BCUT2D eigenvalue weighted by molar-refractivity contribution is -0.121. The number of hydrogen-bond acceptors (Lipinski definition) is 5. The second kappa shape index (κ2) is 8.34. The molecule has 1 aromatic carbocycles. The van der Waals surface area contributed by atoms with Gasteiger partial charge in [0.2, 0.25) is 15.9 Å². The monoisotopic (exact) mass is 356 g/mol. The van der Waals surface area contributed by atoms with Crippen molar-refractivity contribution in [3.8, 4) is 11.5 Å². The largest absolute Gasteiger partial charge is 0.497 e. The summed E-state index contributed by atoms with van der Waals surface area (Å²) in [5.74, 6) is 1.25. The fourth-order valence-electron chi connectivity index (χ4n) is 2.13. The van der Waals surface area contributed by atoms with E-state index in [1.54, 1.807) is 31.4 Å². The SMILES string of the molecule is COc1ccc(OCCN(CCC(=O)NC2CC2)S(C)(=O)=O)cc1. The summed E-state index contributed by atoms with van der Waals surface area (Å²) in [5, 5.41) is 2.85. The van der Waals surface area contributed by atoms with Crippen molar-refractivity contribution in [3.05, 3.63) is 24.3 Å². The zero-order valence-corrected chi connectivity index (χ0v) is 14.8. The van der Waals surface area contributed by atoms with Crippen molar-refractivity contribution in [1.82, 2.24) is 9.62 Å². The Hall–Kier alpha value is -1.80. The maximum Gasteiger partial charge on any atom is 0.221 e. The van der Waals surface area contributed by atoms with Crippen LogP contribution in [-0.2, 0) is 14.8 Å². The third-order valence-corrected chi connectivity index (χ3v) is 4.97. The Labute approximate surface area is 143 Å². The zero-order chi connectivity index (χ0) is 17.6. The van der Waals surface area contributed by atoms with Crippen LogP contribution in [0.1, 0.15) is 19.3 Å². The molecule has 0 spiro atoms. The van der Waals surface area contributed by atoms with Gasteiger partial charge in [-0.05, 0) is 37.1 Å². The summed E-state index contributed by atoms with van der Waals surface area (Å²) in [5.41, 5.74) is 0. The zero-order valence-electron chi connectivity index (χ0n) is 14.0. The Kier molecular flexibility index (Phi) is 6.44. The minimum atomic E-state index is -3.39. The highest BCUT2D eigenvalue weighted by Gasteiger charge is 2.24. The van der Waals surface area contributed by atoms with Crippen molar-refractivity contribution in [2.75, 3.05) is 33.1 Å². The van der Waals surface area contributed by atoms with E-state index in [2.05, 4.69) is 5.32 Å². The van der Waals surface area contributed by atoms with Gasteiger partial charge in [0, 0.05) is 25.6 Å². The fraction of sp³-hybridized carbons (Fsp3) is 0.562. The lowest BCUT2D eigenvalue weighted by Gasteiger charge is -2.20. The number of ether oxygens (including phenoxy) is 2. The Bertz CT molecular complexity index is 641. The molecule has 1 saturated carbocycles. The van der Waals surface area contributed by atoms with Crippen LogP contribution in [0.25, 0.3) is 0 Å². The molecule has 0 unspecified atom stereocenters. The summed E-state index contributed by atoms with van der Waals surface area (Å²) < 4.78 is 35.5. The molecule has 0 bridgehead atoms. The van der Waals surface area contributed by atoms with Crippen LogP contribution in [0, 0.1) is 0 Å². The van der Waals surface area contributed by atoms with Gasteiger partial charge in [0.15, 0.2) is 0 Å². The van der Waals surface area contributed by atoms with Crippen LogP contribution in [0.15, 0.2) is 24.3 Å². The average Bonchev–Trinajstić information content (AvgIpc) is 3.34. The molecule has 1 aliphatic carbocycles. The molecule has 134 valence electrons. The first-order valence-corrected chi connectivity index (χ1v) is 9.74. The van der Waals surface area contributed by atoms with Gasteiger partial charge < -0.3 is 14.8 Å². The first kappa shape index (κ1) is 18.5. The molecule has 7 nitrogen and oxygen atoms in total. The highest BCUT2D eigenvalue weighted by atomic mass is 32.2. The van der Waals surface area contributed by atoms with E-state index >= 15 is 0 Å². The molecule has 0 saturated heterocycles. The number of carbonyl (C=O) groups excluding carboxylic acids is 1. The molecule has 0 heterocycles. The van der Waals surface area contributed by atoms with Crippen molar-refractivity contribution in [3.63, 3.8) is 0 Å². The quantitative estimate of drug-likeness (QED) is 0.676. The molecule has 1 N–H and O–H groups in total. The van der Waals surface area contributed by atoms with E-state index in [0.29, 0.717) is 5.75 Å². The summed E-state index contributed by atoms with van der Waals surface area (Å²) >= 11 is 0. The maximum absolute atomic E-state index is 11.8. The van der Waals surface area contributed by atoms with Gasteiger partial charge >= 0.3 is 0 Å². The van der Waals surface area contributed by atoms with Gasteiger partial charge in [-0.25, -0.2) is 8.42 Å². The lowest BCUT2D eigenvalue weighted by atomic mass is 10.3. The molecular formula is C16H24N2O5S. The average molecular weight is 356 g/mol. The number of carbonyl (C=O) groups is 1. The molecular weight excluding hydrogens is 332 g/mol. The first-order chi connectivity index (χ1) is 11.4. The Morgan fingerprint density at radius 3 is 2.38 bits per heavy atom. The van der Waals surface area contributed by atoms with Crippen molar-refractivity contribution >= 4 is 15.9 Å². The van der Waals surface area contributed by atoms with Gasteiger partial charge in [0.05, 0.1) is 13.4 Å². The maximum atomic E-state index is 11.8. The van der Waals surface area contributed by atoms with Crippen molar-refractivity contribution in [2.24, 2.45) is 0 Å². The first-order valence-electron chi connectivity index (χ1n) is 7.90. The Morgan fingerprint density at radius 1 is 1.21 bits per heavy atom. The minimum Gasteiger partial charge on any atom is -0.497 e. The molecule has 1 amide bonds. The second-order valence-electron chi connectivity index (χ2n) is 5.78. The van der Waals surface area contributed by atoms with Gasteiger partial charge in [0.25, 0.3) is 0 Å². The molecule has 1 fully saturated rings. The van der Waals surface area contributed by atoms with Gasteiger partial charge in [-0.3, -0.25) is 4.79 Å².